The number of nitrogens with zero attached hydrogens (tertiary/aromatic N) is 1. The molecule has 0 unspecified atom stereocenters. The van der Waals surface area contributed by atoms with Crippen LogP contribution in [0.3, 0.4) is 0 Å². The average molecular weight is 420 g/mol. The standard InChI is InChI=1S/C24H21FN2O4/c1-15-24(31-22-10-6-5-9-21(22)29-2)23(27-26-15)18-12-11-17(13-20(18)28)30-14-16-7-3-4-8-19(16)25/h3-13,28H,14H2,1-2H3,(H,26,27). The summed E-state index contributed by atoms with van der Waals surface area (Å²) >= 11 is 0. The predicted octanol–water partition coefficient (Wildman–Crippen LogP) is 5.61. The normalized spacial score (nSPS) is 10.7. The van der Waals surface area contributed by atoms with E-state index in [0.717, 1.165) is 0 Å². The number of H-pyrrole nitrogens is 1. The molecule has 31 heavy (non-hydrogen) atoms. The highest BCUT2D eigenvalue weighted by atomic mass is 19.1. The third-order valence-corrected chi connectivity index (χ3v) is 4.75. The molecular weight excluding hydrogens is 399 g/mol. The zero-order valence-electron chi connectivity index (χ0n) is 17.1. The topological polar surface area (TPSA) is 76.6 Å². The van der Waals surface area contributed by atoms with Crippen LogP contribution in [-0.4, -0.2) is 22.4 Å². The maximum Gasteiger partial charge on any atom is 0.176 e. The summed E-state index contributed by atoms with van der Waals surface area (Å²) < 4.78 is 30.8. The number of aromatic amines is 1. The molecule has 0 amide bonds. The van der Waals surface area contributed by atoms with Gasteiger partial charge < -0.3 is 19.3 Å². The van der Waals surface area contributed by atoms with Gasteiger partial charge in [-0.15, -0.1) is 0 Å². The lowest BCUT2D eigenvalue weighted by Gasteiger charge is -2.12. The number of halogens is 1. The Morgan fingerprint density at radius 1 is 1.00 bits per heavy atom. The van der Waals surface area contributed by atoms with E-state index in [2.05, 4.69) is 10.2 Å². The third kappa shape index (κ3) is 4.30. The van der Waals surface area contributed by atoms with Crippen molar-refractivity contribution in [3.05, 3.63) is 83.8 Å². The summed E-state index contributed by atoms with van der Waals surface area (Å²) in [7, 11) is 1.57. The number of phenols is 1. The summed E-state index contributed by atoms with van der Waals surface area (Å²) in [5, 5.41) is 17.8. The van der Waals surface area contributed by atoms with Gasteiger partial charge in [0.25, 0.3) is 0 Å². The van der Waals surface area contributed by atoms with Crippen LogP contribution in [0.2, 0.25) is 0 Å². The van der Waals surface area contributed by atoms with Gasteiger partial charge in [0.2, 0.25) is 0 Å². The Bertz CT molecular complexity index is 1210. The van der Waals surface area contributed by atoms with Crippen molar-refractivity contribution in [3.8, 4) is 40.0 Å². The van der Waals surface area contributed by atoms with E-state index in [1.54, 1.807) is 49.6 Å². The minimum absolute atomic E-state index is 0.0394. The highest BCUT2D eigenvalue weighted by Gasteiger charge is 2.19. The minimum atomic E-state index is -0.339. The van der Waals surface area contributed by atoms with Crippen molar-refractivity contribution in [1.82, 2.24) is 10.2 Å². The lowest BCUT2D eigenvalue weighted by molar-refractivity contribution is 0.298. The molecular formula is C24H21FN2O4. The smallest absolute Gasteiger partial charge is 0.176 e. The molecule has 1 aromatic heterocycles. The van der Waals surface area contributed by atoms with E-state index in [-0.39, 0.29) is 18.2 Å². The maximum absolute atomic E-state index is 13.8. The van der Waals surface area contributed by atoms with Crippen LogP contribution >= 0.6 is 0 Å². The maximum atomic E-state index is 13.8. The van der Waals surface area contributed by atoms with Crippen LogP contribution in [-0.2, 0) is 6.61 Å². The molecule has 0 spiro atoms. The van der Waals surface area contributed by atoms with E-state index in [1.807, 2.05) is 19.1 Å². The quantitative estimate of drug-likeness (QED) is 0.406. The van der Waals surface area contributed by atoms with E-state index in [4.69, 9.17) is 14.2 Å². The molecule has 7 heteroatoms. The first-order valence-electron chi connectivity index (χ1n) is 9.62. The minimum Gasteiger partial charge on any atom is -0.507 e. The molecule has 1 heterocycles. The van der Waals surface area contributed by atoms with Crippen LogP contribution in [0.4, 0.5) is 4.39 Å². The fraction of sp³-hybridized carbons (Fsp3) is 0.125. The van der Waals surface area contributed by atoms with Gasteiger partial charge in [0.05, 0.1) is 12.8 Å². The van der Waals surface area contributed by atoms with Crippen LogP contribution < -0.4 is 14.2 Å². The van der Waals surface area contributed by atoms with Gasteiger partial charge in [-0.25, -0.2) is 4.39 Å². The van der Waals surface area contributed by atoms with Crippen LogP contribution in [0.25, 0.3) is 11.3 Å². The number of para-hydroxylation sites is 2. The number of ether oxygens (including phenoxy) is 3. The number of benzene rings is 3. The molecule has 0 atom stereocenters. The molecule has 0 saturated carbocycles. The number of hydrogen-bond acceptors (Lipinski definition) is 5. The summed E-state index contributed by atoms with van der Waals surface area (Å²) in [6, 6.07) is 18.5. The Kier molecular flexibility index (Phi) is 5.75. The van der Waals surface area contributed by atoms with Gasteiger partial charge in [-0.3, -0.25) is 5.10 Å². The largest absolute Gasteiger partial charge is 0.507 e. The second-order valence-electron chi connectivity index (χ2n) is 6.84. The van der Waals surface area contributed by atoms with Gasteiger partial charge in [0.15, 0.2) is 17.2 Å². The highest BCUT2D eigenvalue weighted by molar-refractivity contribution is 5.74. The Morgan fingerprint density at radius 2 is 1.74 bits per heavy atom. The van der Waals surface area contributed by atoms with Crippen molar-refractivity contribution in [2.24, 2.45) is 0 Å². The molecule has 0 aliphatic heterocycles. The molecule has 2 N–H and O–H groups in total. The van der Waals surface area contributed by atoms with Crippen molar-refractivity contribution in [2.45, 2.75) is 13.5 Å². The van der Waals surface area contributed by atoms with E-state index < -0.39 is 0 Å². The van der Waals surface area contributed by atoms with E-state index >= 15 is 0 Å². The van der Waals surface area contributed by atoms with Crippen molar-refractivity contribution in [2.75, 3.05) is 7.11 Å². The summed E-state index contributed by atoms with van der Waals surface area (Å²) in [4.78, 5) is 0. The summed E-state index contributed by atoms with van der Waals surface area (Å²) in [5.74, 6) is 1.61. The summed E-state index contributed by atoms with van der Waals surface area (Å²) in [6.45, 7) is 1.87. The molecule has 0 bridgehead atoms. The number of aryl methyl sites for hydroxylation is 1. The lowest BCUT2D eigenvalue weighted by atomic mass is 10.1. The van der Waals surface area contributed by atoms with Gasteiger partial charge in [-0.1, -0.05) is 30.3 Å². The molecule has 0 fully saturated rings. The molecule has 0 radical (unpaired) electrons. The molecule has 4 rings (SSSR count). The van der Waals surface area contributed by atoms with Gasteiger partial charge in [0, 0.05) is 17.2 Å². The number of hydrogen-bond donors (Lipinski definition) is 2. The van der Waals surface area contributed by atoms with Crippen LogP contribution in [0, 0.1) is 12.7 Å². The number of rotatable bonds is 7. The van der Waals surface area contributed by atoms with Gasteiger partial charge >= 0.3 is 0 Å². The van der Waals surface area contributed by atoms with E-state index in [9.17, 15) is 9.50 Å². The average Bonchev–Trinajstić information content (AvgIpc) is 3.13. The first-order chi connectivity index (χ1) is 15.1. The molecule has 0 aliphatic carbocycles. The predicted molar refractivity (Wildman–Crippen MR) is 114 cm³/mol. The van der Waals surface area contributed by atoms with Crippen molar-refractivity contribution in [3.63, 3.8) is 0 Å². The van der Waals surface area contributed by atoms with Gasteiger partial charge in [-0.2, -0.15) is 5.10 Å². The number of nitrogens with one attached hydrogen (secondary N) is 1. The molecule has 0 saturated heterocycles. The zero-order chi connectivity index (χ0) is 21.8. The van der Waals surface area contributed by atoms with E-state index in [0.29, 0.717) is 45.5 Å². The second kappa shape index (κ2) is 8.79. The number of aromatic hydroxyl groups is 1. The lowest BCUT2D eigenvalue weighted by Crippen LogP contribution is -1.98. The van der Waals surface area contributed by atoms with Crippen LogP contribution in [0.15, 0.2) is 66.7 Å². The monoisotopic (exact) mass is 420 g/mol. The van der Waals surface area contributed by atoms with Crippen LogP contribution in [0.1, 0.15) is 11.3 Å². The van der Waals surface area contributed by atoms with Crippen molar-refractivity contribution in [1.29, 1.82) is 0 Å². The van der Waals surface area contributed by atoms with Crippen molar-refractivity contribution < 1.29 is 23.7 Å². The van der Waals surface area contributed by atoms with Gasteiger partial charge in [0.1, 0.15) is 29.6 Å². The molecule has 3 aromatic carbocycles. The number of phenolic OH excluding ortho intramolecular Hbond substituents is 1. The van der Waals surface area contributed by atoms with E-state index in [1.165, 1.54) is 12.1 Å². The SMILES string of the molecule is COc1ccccc1Oc1c(-c2ccc(OCc3ccccc3F)cc2O)n[nH]c1C. The fourth-order valence-corrected chi connectivity index (χ4v) is 3.12. The highest BCUT2D eigenvalue weighted by Crippen LogP contribution is 2.41. The third-order valence-electron chi connectivity index (χ3n) is 4.75. The number of methoxy groups -OCH3 is 1. The second-order valence-corrected chi connectivity index (χ2v) is 6.84. The fourth-order valence-electron chi connectivity index (χ4n) is 3.12. The Hall–Kier alpha value is -4.00. The summed E-state index contributed by atoms with van der Waals surface area (Å²) in [5.41, 5.74) is 2.04. The zero-order valence-corrected chi connectivity index (χ0v) is 17.1. The first kappa shape index (κ1) is 20.3. The number of aromatic nitrogens is 2. The Morgan fingerprint density at radius 3 is 2.48 bits per heavy atom. The molecule has 4 aromatic rings. The molecule has 0 aliphatic rings. The molecule has 6 nitrogen and oxygen atoms in total. The Labute approximate surface area is 178 Å². The van der Waals surface area contributed by atoms with Gasteiger partial charge in [-0.05, 0) is 37.3 Å². The first-order valence-corrected chi connectivity index (χ1v) is 9.62. The van der Waals surface area contributed by atoms with Crippen LogP contribution in [0.5, 0.6) is 28.7 Å². The summed E-state index contributed by atoms with van der Waals surface area (Å²) in [6.07, 6.45) is 0. The Balaban J connectivity index is 1.58. The van der Waals surface area contributed by atoms with Crippen molar-refractivity contribution >= 4 is 0 Å². The molecule has 158 valence electrons.